The van der Waals surface area contributed by atoms with Crippen LogP contribution in [0.1, 0.15) is 28.5 Å². The van der Waals surface area contributed by atoms with Gasteiger partial charge in [0.2, 0.25) is 10.0 Å². The van der Waals surface area contributed by atoms with Gasteiger partial charge in [-0.25, -0.2) is 31.8 Å². The normalized spacial score (nSPS) is 19.1. The fourth-order valence-electron chi connectivity index (χ4n) is 3.64. The predicted octanol–water partition coefficient (Wildman–Crippen LogP) is 1.18. The fourth-order valence-corrected chi connectivity index (χ4v) is 4.02. The van der Waals surface area contributed by atoms with Gasteiger partial charge in [-0.1, -0.05) is 12.1 Å². The summed E-state index contributed by atoms with van der Waals surface area (Å²) in [5.74, 6) is -0.989. The van der Waals surface area contributed by atoms with Crippen LogP contribution in [0.5, 0.6) is 0 Å². The Labute approximate surface area is 176 Å². The van der Waals surface area contributed by atoms with E-state index in [-0.39, 0.29) is 25.2 Å². The first-order valence-electron chi connectivity index (χ1n) is 9.51. The van der Waals surface area contributed by atoms with Gasteiger partial charge in [0.25, 0.3) is 5.91 Å². The minimum Gasteiger partial charge on any atom is -0.350 e. The van der Waals surface area contributed by atoms with Crippen molar-refractivity contribution in [1.82, 2.24) is 19.9 Å². The molecular weight excluding hydrogens is 430 g/mol. The number of benzene rings is 1. The van der Waals surface area contributed by atoms with Crippen LogP contribution in [0.4, 0.5) is 14.6 Å². The summed E-state index contributed by atoms with van der Waals surface area (Å²) in [6.45, 7) is -0.0911. The monoisotopic (exact) mass is 450 g/mol. The van der Waals surface area contributed by atoms with E-state index >= 15 is 0 Å². The minimum atomic E-state index is -3.71. The molecule has 1 aliphatic rings. The highest BCUT2D eigenvalue weighted by Crippen LogP contribution is 2.36. The number of rotatable bonds is 6. The maximum absolute atomic E-state index is 14.3. The van der Waals surface area contributed by atoms with E-state index in [2.05, 4.69) is 15.4 Å². The van der Waals surface area contributed by atoms with Crippen molar-refractivity contribution in [1.29, 1.82) is 0 Å². The van der Waals surface area contributed by atoms with Gasteiger partial charge < -0.3 is 10.2 Å². The van der Waals surface area contributed by atoms with Crippen molar-refractivity contribution in [3.8, 4) is 0 Å². The van der Waals surface area contributed by atoms with E-state index in [1.165, 1.54) is 22.8 Å². The third kappa shape index (κ3) is 4.64. The van der Waals surface area contributed by atoms with Crippen molar-refractivity contribution in [2.24, 2.45) is 5.14 Å². The van der Waals surface area contributed by atoms with E-state index in [0.717, 1.165) is 0 Å². The number of aromatic nitrogens is 3. The minimum absolute atomic E-state index is 0.0737. The Hall–Kier alpha value is -3.12. The molecule has 1 aromatic carbocycles. The number of fused-ring (bicyclic) bond motifs is 1. The molecule has 0 radical (unpaired) electrons. The number of carbonyl (C=O) groups is 1. The SMILES string of the molecule is NS(=O)(=O)CCNC(=O)c1cnc2ccc(N3C[C@@H](F)CC3c3cccc(F)c3)nn12. The maximum atomic E-state index is 14.3. The Morgan fingerprint density at radius 1 is 1.29 bits per heavy atom. The lowest BCUT2D eigenvalue weighted by Gasteiger charge is -2.25. The fraction of sp³-hybridized carbons (Fsp3) is 0.316. The van der Waals surface area contributed by atoms with Gasteiger partial charge in [0, 0.05) is 13.0 Å². The number of nitrogens with one attached hydrogen (secondary N) is 1. The summed E-state index contributed by atoms with van der Waals surface area (Å²) in [6.07, 6.45) is 0.382. The Morgan fingerprint density at radius 3 is 2.84 bits per heavy atom. The van der Waals surface area contributed by atoms with Crippen LogP contribution >= 0.6 is 0 Å². The zero-order valence-electron chi connectivity index (χ0n) is 16.3. The van der Waals surface area contributed by atoms with Gasteiger partial charge in [-0.2, -0.15) is 0 Å². The molecule has 0 spiro atoms. The lowest BCUT2D eigenvalue weighted by atomic mass is 10.0. The zero-order chi connectivity index (χ0) is 22.2. The molecule has 1 amide bonds. The summed E-state index contributed by atoms with van der Waals surface area (Å²) >= 11 is 0. The van der Waals surface area contributed by atoms with Gasteiger partial charge in [0.1, 0.15) is 17.8 Å². The quantitative estimate of drug-likeness (QED) is 0.581. The molecule has 31 heavy (non-hydrogen) atoms. The van der Waals surface area contributed by atoms with E-state index < -0.39 is 39.7 Å². The molecule has 1 aliphatic heterocycles. The Morgan fingerprint density at radius 2 is 2.10 bits per heavy atom. The number of nitrogens with zero attached hydrogens (tertiary/aromatic N) is 4. The molecule has 0 bridgehead atoms. The Kier molecular flexibility index (Phi) is 5.58. The topological polar surface area (TPSA) is 123 Å². The number of nitrogens with two attached hydrogens (primary N) is 1. The summed E-state index contributed by atoms with van der Waals surface area (Å²) < 4.78 is 51.4. The number of amides is 1. The first kappa shape index (κ1) is 21.1. The van der Waals surface area contributed by atoms with E-state index in [1.54, 1.807) is 29.2 Å². The van der Waals surface area contributed by atoms with Crippen LogP contribution in [-0.2, 0) is 10.0 Å². The maximum Gasteiger partial charge on any atom is 0.271 e. The highest BCUT2D eigenvalue weighted by Gasteiger charge is 2.34. The van der Waals surface area contributed by atoms with E-state index in [4.69, 9.17) is 5.14 Å². The average molecular weight is 450 g/mol. The van der Waals surface area contributed by atoms with Crippen molar-refractivity contribution in [3.63, 3.8) is 0 Å². The van der Waals surface area contributed by atoms with Crippen molar-refractivity contribution >= 4 is 27.4 Å². The molecule has 0 saturated carbocycles. The number of imidazole rings is 1. The second-order valence-corrected chi connectivity index (χ2v) is 9.02. The highest BCUT2D eigenvalue weighted by molar-refractivity contribution is 7.89. The van der Waals surface area contributed by atoms with Crippen LogP contribution in [0, 0.1) is 5.82 Å². The van der Waals surface area contributed by atoms with E-state index in [0.29, 0.717) is 17.0 Å². The highest BCUT2D eigenvalue weighted by atomic mass is 32.2. The van der Waals surface area contributed by atoms with Gasteiger partial charge in [0.15, 0.2) is 11.3 Å². The number of primary sulfonamides is 1. The predicted molar refractivity (Wildman–Crippen MR) is 109 cm³/mol. The van der Waals surface area contributed by atoms with Crippen LogP contribution in [-0.4, -0.2) is 53.9 Å². The van der Waals surface area contributed by atoms with Gasteiger partial charge >= 0.3 is 0 Å². The van der Waals surface area contributed by atoms with E-state index in [9.17, 15) is 22.0 Å². The largest absolute Gasteiger partial charge is 0.350 e. The first-order valence-corrected chi connectivity index (χ1v) is 11.2. The molecule has 4 rings (SSSR count). The summed E-state index contributed by atoms with van der Waals surface area (Å²) in [5.41, 5.74) is 1.11. The third-order valence-corrected chi connectivity index (χ3v) is 5.80. The summed E-state index contributed by atoms with van der Waals surface area (Å²) in [5, 5.41) is 11.8. The summed E-state index contributed by atoms with van der Waals surface area (Å²) in [7, 11) is -3.71. The van der Waals surface area contributed by atoms with Crippen LogP contribution in [0.2, 0.25) is 0 Å². The molecule has 2 aromatic heterocycles. The second kappa shape index (κ2) is 8.19. The lowest BCUT2D eigenvalue weighted by Crippen LogP contribution is -2.32. The number of carbonyl (C=O) groups excluding carboxylic acids is 1. The molecule has 9 nitrogen and oxygen atoms in total. The molecule has 1 saturated heterocycles. The van der Waals surface area contributed by atoms with Crippen LogP contribution in [0.25, 0.3) is 5.65 Å². The number of hydrogen-bond donors (Lipinski definition) is 2. The summed E-state index contributed by atoms with van der Waals surface area (Å²) in [4.78, 5) is 18.3. The van der Waals surface area contributed by atoms with Crippen molar-refractivity contribution in [2.45, 2.75) is 18.6 Å². The van der Waals surface area contributed by atoms with Crippen molar-refractivity contribution < 1.29 is 22.0 Å². The second-order valence-electron chi connectivity index (χ2n) is 7.28. The molecule has 3 N–H and O–H groups in total. The van der Waals surface area contributed by atoms with Crippen LogP contribution < -0.4 is 15.4 Å². The van der Waals surface area contributed by atoms with Crippen LogP contribution in [0.15, 0.2) is 42.6 Å². The smallest absolute Gasteiger partial charge is 0.271 e. The third-order valence-electron chi connectivity index (χ3n) is 5.03. The lowest BCUT2D eigenvalue weighted by molar-refractivity contribution is 0.0949. The number of hydrogen-bond acceptors (Lipinski definition) is 6. The molecule has 1 unspecified atom stereocenters. The molecule has 1 fully saturated rings. The molecule has 3 heterocycles. The molecule has 0 aliphatic carbocycles. The average Bonchev–Trinajstić information content (AvgIpc) is 3.30. The van der Waals surface area contributed by atoms with Gasteiger partial charge in [0.05, 0.1) is 24.5 Å². The van der Waals surface area contributed by atoms with Crippen molar-refractivity contribution in [2.75, 3.05) is 23.7 Å². The molecule has 12 heteroatoms. The number of halogens is 2. The molecular formula is C19H20F2N6O3S. The van der Waals surface area contributed by atoms with Gasteiger partial charge in [-0.05, 0) is 29.8 Å². The standard InChI is InChI=1S/C19H20F2N6O3S/c20-13-3-1-2-12(8-13)15-9-14(21)11-26(15)18-5-4-17-24-10-16(27(17)25-18)19(28)23-6-7-31(22,29)30/h1-5,8,10,14-15H,6-7,9,11H2,(H,23,28)(H2,22,29,30)/t14-,15?/m0/s1. The Balaban J connectivity index is 1.62. The number of sulfonamides is 1. The van der Waals surface area contributed by atoms with E-state index in [1.807, 2.05) is 0 Å². The van der Waals surface area contributed by atoms with Crippen LogP contribution in [0.3, 0.4) is 0 Å². The zero-order valence-corrected chi connectivity index (χ0v) is 17.1. The molecule has 2 atom stereocenters. The number of anilines is 1. The molecule has 3 aromatic rings. The van der Waals surface area contributed by atoms with Gasteiger partial charge in [-0.15, -0.1) is 5.10 Å². The van der Waals surface area contributed by atoms with Crippen molar-refractivity contribution in [3.05, 3.63) is 59.7 Å². The first-order chi connectivity index (χ1) is 14.7. The molecule has 164 valence electrons. The Bertz CT molecular complexity index is 1230. The summed E-state index contributed by atoms with van der Waals surface area (Å²) in [6, 6.07) is 8.89. The number of alkyl halides is 1. The van der Waals surface area contributed by atoms with Gasteiger partial charge in [-0.3, -0.25) is 4.79 Å².